The molecule has 100 valence electrons. The van der Waals surface area contributed by atoms with Crippen LogP contribution in [0.4, 0.5) is 0 Å². The Labute approximate surface area is 104 Å². The van der Waals surface area contributed by atoms with Crippen molar-refractivity contribution in [3.8, 4) is 0 Å². The van der Waals surface area contributed by atoms with Gasteiger partial charge in [0.15, 0.2) is 0 Å². The summed E-state index contributed by atoms with van der Waals surface area (Å²) in [5.74, 6) is -0.773. The van der Waals surface area contributed by atoms with Crippen LogP contribution in [-0.2, 0) is 4.79 Å². The van der Waals surface area contributed by atoms with Crippen LogP contribution in [-0.4, -0.2) is 48.2 Å². The molecule has 0 saturated heterocycles. The van der Waals surface area contributed by atoms with Gasteiger partial charge in [-0.25, -0.2) is 0 Å². The second-order valence-corrected chi connectivity index (χ2v) is 5.14. The van der Waals surface area contributed by atoms with Crippen molar-refractivity contribution >= 4 is 5.97 Å². The largest absolute Gasteiger partial charge is 0.480 e. The average molecular weight is 242 g/mol. The van der Waals surface area contributed by atoms with E-state index in [1.54, 1.807) is 6.92 Å². The summed E-state index contributed by atoms with van der Waals surface area (Å²) in [5, 5.41) is 11.7. The number of carboxylic acids is 1. The van der Waals surface area contributed by atoms with E-state index in [9.17, 15) is 4.79 Å². The van der Waals surface area contributed by atoms with E-state index in [1.165, 1.54) is 32.1 Å². The van der Waals surface area contributed by atoms with Crippen molar-refractivity contribution in [1.29, 1.82) is 0 Å². The van der Waals surface area contributed by atoms with Gasteiger partial charge in [-0.05, 0) is 46.3 Å². The fraction of sp³-hybridized carbons (Fsp3) is 0.923. The molecule has 17 heavy (non-hydrogen) atoms. The highest BCUT2D eigenvalue weighted by molar-refractivity contribution is 5.72. The van der Waals surface area contributed by atoms with Gasteiger partial charge in [0.2, 0.25) is 0 Å². The molecular weight excluding hydrogens is 216 g/mol. The topological polar surface area (TPSA) is 52.6 Å². The highest BCUT2D eigenvalue weighted by atomic mass is 16.4. The number of carboxylic acid groups (broad SMARTS) is 1. The Balaban J connectivity index is 2.07. The predicted molar refractivity (Wildman–Crippen MR) is 69.2 cm³/mol. The first-order valence-corrected chi connectivity index (χ1v) is 6.77. The molecule has 0 amide bonds. The van der Waals surface area contributed by atoms with Gasteiger partial charge < -0.3 is 15.3 Å². The lowest BCUT2D eigenvalue weighted by Crippen LogP contribution is -2.38. The second kappa shape index (κ2) is 7.67. The molecule has 1 unspecified atom stereocenters. The first kappa shape index (κ1) is 14.5. The third-order valence-electron chi connectivity index (χ3n) is 3.71. The lowest BCUT2D eigenvalue weighted by Gasteiger charge is -2.31. The summed E-state index contributed by atoms with van der Waals surface area (Å²) in [6, 6.07) is 0.315. The Bertz CT molecular complexity index is 227. The van der Waals surface area contributed by atoms with Crippen LogP contribution in [0.3, 0.4) is 0 Å². The van der Waals surface area contributed by atoms with Crippen LogP contribution < -0.4 is 5.32 Å². The molecular formula is C13H26N2O2. The van der Waals surface area contributed by atoms with Crippen LogP contribution in [0.15, 0.2) is 0 Å². The van der Waals surface area contributed by atoms with Crippen LogP contribution in [0.5, 0.6) is 0 Å². The van der Waals surface area contributed by atoms with E-state index in [0.29, 0.717) is 0 Å². The average Bonchev–Trinajstić information content (AvgIpc) is 2.35. The molecule has 0 spiro atoms. The highest BCUT2D eigenvalue weighted by Crippen LogP contribution is 2.21. The molecule has 1 aliphatic carbocycles. The lowest BCUT2D eigenvalue weighted by atomic mass is 9.94. The number of hydrogen-bond donors (Lipinski definition) is 2. The second-order valence-electron chi connectivity index (χ2n) is 5.14. The van der Waals surface area contributed by atoms with Crippen LogP contribution >= 0.6 is 0 Å². The number of carbonyl (C=O) groups is 1. The molecule has 0 aromatic heterocycles. The van der Waals surface area contributed by atoms with Crippen LogP contribution in [0, 0.1) is 0 Å². The van der Waals surface area contributed by atoms with Gasteiger partial charge in [0.25, 0.3) is 0 Å². The standard InChI is InChI=1S/C13H26N2O2/c1-11(13(16)17)14-9-6-10-15(2)12-7-4-3-5-8-12/h11-12,14H,3-10H2,1-2H3,(H,16,17). The summed E-state index contributed by atoms with van der Waals surface area (Å²) >= 11 is 0. The number of nitrogens with zero attached hydrogens (tertiary/aromatic N) is 1. The molecule has 1 atom stereocenters. The Morgan fingerprint density at radius 3 is 2.65 bits per heavy atom. The maximum Gasteiger partial charge on any atom is 0.320 e. The highest BCUT2D eigenvalue weighted by Gasteiger charge is 2.17. The molecule has 0 radical (unpaired) electrons. The summed E-state index contributed by atoms with van der Waals surface area (Å²) in [6.07, 6.45) is 7.80. The normalized spacial score (nSPS) is 19.5. The fourth-order valence-corrected chi connectivity index (χ4v) is 2.44. The Hall–Kier alpha value is -0.610. The van der Waals surface area contributed by atoms with Gasteiger partial charge in [-0.2, -0.15) is 0 Å². The molecule has 1 rings (SSSR count). The molecule has 4 heteroatoms. The van der Waals surface area contributed by atoms with Gasteiger partial charge in [-0.15, -0.1) is 0 Å². The Morgan fingerprint density at radius 1 is 1.41 bits per heavy atom. The smallest absolute Gasteiger partial charge is 0.320 e. The van der Waals surface area contributed by atoms with Crippen molar-refractivity contribution in [3.05, 3.63) is 0 Å². The maximum atomic E-state index is 10.6. The molecule has 4 nitrogen and oxygen atoms in total. The van der Waals surface area contributed by atoms with Gasteiger partial charge in [0.05, 0.1) is 0 Å². The van der Waals surface area contributed by atoms with Crippen LogP contribution in [0.1, 0.15) is 45.4 Å². The SMILES string of the molecule is CC(NCCCN(C)C1CCCCC1)C(=O)O. The van der Waals surface area contributed by atoms with Crippen molar-refractivity contribution in [2.45, 2.75) is 57.5 Å². The molecule has 0 aromatic rings. The minimum atomic E-state index is -0.773. The van der Waals surface area contributed by atoms with Crippen LogP contribution in [0.25, 0.3) is 0 Å². The number of aliphatic carboxylic acids is 1. The zero-order valence-corrected chi connectivity index (χ0v) is 11.1. The Morgan fingerprint density at radius 2 is 2.06 bits per heavy atom. The van der Waals surface area contributed by atoms with Crippen LogP contribution in [0.2, 0.25) is 0 Å². The number of nitrogens with one attached hydrogen (secondary N) is 1. The summed E-state index contributed by atoms with van der Waals surface area (Å²) in [5.41, 5.74) is 0. The van der Waals surface area contributed by atoms with E-state index >= 15 is 0 Å². The summed E-state index contributed by atoms with van der Waals surface area (Å²) in [4.78, 5) is 13.0. The molecule has 0 bridgehead atoms. The summed E-state index contributed by atoms with van der Waals surface area (Å²) in [6.45, 7) is 3.53. The van der Waals surface area contributed by atoms with Gasteiger partial charge in [0.1, 0.15) is 6.04 Å². The molecule has 0 heterocycles. The summed E-state index contributed by atoms with van der Waals surface area (Å²) < 4.78 is 0. The maximum absolute atomic E-state index is 10.6. The van der Waals surface area contributed by atoms with E-state index < -0.39 is 12.0 Å². The molecule has 0 aromatic carbocycles. The molecule has 2 N–H and O–H groups in total. The third-order valence-corrected chi connectivity index (χ3v) is 3.71. The zero-order valence-electron chi connectivity index (χ0n) is 11.1. The fourth-order valence-electron chi connectivity index (χ4n) is 2.44. The van der Waals surface area contributed by atoms with E-state index in [-0.39, 0.29) is 0 Å². The van der Waals surface area contributed by atoms with Crippen molar-refractivity contribution in [2.75, 3.05) is 20.1 Å². The number of hydrogen-bond acceptors (Lipinski definition) is 3. The van der Waals surface area contributed by atoms with Gasteiger partial charge in [0, 0.05) is 6.04 Å². The minimum Gasteiger partial charge on any atom is -0.480 e. The van der Waals surface area contributed by atoms with E-state index in [4.69, 9.17) is 5.11 Å². The zero-order chi connectivity index (χ0) is 12.7. The molecule has 1 saturated carbocycles. The van der Waals surface area contributed by atoms with Crippen molar-refractivity contribution in [2.24, 2.45) is 0 Å². The van der Waals surface area contributed by atoms with Gasteiger partial charge in [-0.3, -0.25) is 4.79 Å². The quantitative estimate of drug-likeness (QED) is 0.667. The monoisotopic (exact) mass is 242 g/mol. The molecule has 0 aliphatic heterocycles. The molecule has 1 fully saturated rings. The van der Waals surface area contributed by atoms with E-state index in [1.807, 2.05) is 0 Å². The third kappa shape index (κ3) is 5.50. The molecule has 1 aliphatic rings. The first-order valence-electron chi connectivity index (χ1n) is 6.77. The minimum absolute atomic E-state index is 0.435. The van der Waals surface area contributed by atoms with Crippen molar-refractivity contribution < 1.29 is 9.90 Å². The van der Waals surface area contributed by atoms with E-state index in [0.717, 1.165) is 25.6 Å². The number of rotatable bonds is 7. The van der Waals surface area contributed by atoms with E-state index in [2.05, 4.69) is 17.3 Å². The van der Waals surface area contributed by atoms with Crippen molar-refractivity contribution in [1.82, 2.24) is 10.2 Å². The first-order chi connectivity index (χ1) is 8.11. The van der Waals surface area contributed by atoms with Gasteiger partial charge in [-0.1, -0.05) is 19.3 Å². The van der Waals surface area contributed by atoms with Gasteiger partial charge >= 0.3 is 5.97 Å². The lowest BCUT2D eigenvalue weighted by molar-refractivity contribution is -0.138. The van der Waals surface area contributed by atoms with Crippen molar-refractivity contribution in [3.63, 3.8) is 0 Å². The predicted octanol–water partition coefficient (Wildman–Crippen LogP) is 1.70. The summed E-state index contributed by atoms with van der Waals surface area (Å²) in [7, 11) is 2.19. The Kier molecular flexibility index (Phi) is 6.52.